The van der Waals surface area contributed by atoms with E-state index in [1.807, 2.05) is 30.3 Å². The summed E-state index contributed by atoms with van der Waals surface area (Å²) in [5.41, 5.74) is 0.830. The highest BCUT2D eigenvalue weighted by Crippen LogP contribution is 2.15. The molecular formula is C9H10O3. The Morgan fingerprint density at radius 3 is 2.50 bits per heavy atom. The van der Waals surface area contributed by atoms with E-state index in [-0.39, 0.29) is 0 Å². The molecule has 1 rings (SSSR count). The first-order valence-electron chi connectivity index (χ1n) is 3.66. The maximum absolute atomic E-state index is 10.8. The molecule has 0 heterocycles. The minimum absolute atomic E-state index is 0.420. The summed E-state index contributed by atoms with van der Waals surface area (Å²) in [6, 6.07) is 9.14. The van der Waals surface area contributed by atoms with Crippen molar-refractivity contribution in [1.82, 2.24) is 0 Å². The number of carbonyl (C=O) groups excluding carboxylic acids is 1. The molecule has 64 valence electrons. The second kappa shape index (κ2) is 3.88. The lowest BCUT2D eigenvalue weighted by atomic mass is 10.0. The second-order valence-electron chi connectivity index (χ2n) is 2.54. The molecule has 1 N–H and O–H groups in total. The Hall–Kier alpha value is -1.35. The van der Waals surface area contributed by atoms with Crippen molar-refractivity contribution in [3.05, 3.63) is 35.9 Å². The first kappa shape index (κ1) is 8.74. The Kier molecular flexibility index (Phi) is 2.82. The van der Waals surface area contributed by atoms with Crippen LogP contribution >= 0.6 is 0 Å². The summed E-state index contributed by atoms with van der Waals surface area (Å²) in [6.45, 7) is 1.67. The number of hydrogen-bond donors (Lipinski definition) is 1. The number of carbonyl (C=O) groups is 1. The van der Waals surface area contributed by atoms with E-state index in [1.165, 1.54) is 0 Å². The van der Waals surface area contributed by atoms with Crippen LogP contribution in [0, 0.1) is 0 Å². The van der Waals surface area contributed by atoms with E-state index in [9.17, 15) is 4.79 Å². The molecule has 0 aliphatic carbocycles. The van der Waals surface area contributed by atoms with Crippen molar-refractivity contribution in [3.63, 3.8) is 0 Å². The molecule has 3 heteroatoms. The summed E-state index contributed by atoms with van der Waals surface area (Å²) < 4.78 is 0. The Morgan fingerprint density at radius 1 is 1.42 bits per heavy atom. The molecule has 12 heavy (non-hydrogen) atoms. The minimum Gasteiger partial charge on any atom is -0.300 e. The van der Waals surface area contributed by atoms with Gasteiger partial charge < -0.3 is 4.89 Å². The lowest BCUT2D eigenvalue weighted by Crippen LogP contribution is -2.10. The fraction of sp³-hybridized carbons (Fsp3) is 0.222. The average molecular weight is 166 g/mol. The van der Waals surface area contributed by atoms with Crippen LogP contribution in [-0.4, -0.2) is 11.2 Å². The summed E-state index contributed by atoms with van der Waals surface area (Å²) in [5.74, 6) is -1.06. The quantitative estimate of drug-likeness (QED) is 0.538. The van der Waals surface area contributed by atoms with Crippen LogP contribution in [0.25, 0.3) is 0 Å². The van der Waals surface area contributed by atoms with Crippen LogP contribution in [0.2, 0.25) is 0 Å². The normalized spacial score (nSPS) is 12.2. The molecule has 1 atom stereocenters. The van der Waals surface area contributed by atoms with Crippen LogP contribution in [0.1, 0.15) is 18.4 Å². The van der Waals surface area contributed by atoms with Gasteiger partial charge in [0.2, 0.25) is 0 Å². The van der Waals surface area contributed by atoms with Crippen LogP contribution in [0.5, 0.6) is 0 Å². The molecule has 0 saturated carbocycles. The molecule has 0 aromatic heterocycles. The van der Waals surface area contributed by atoms with Crippen molar-refractivity contribution >= 4 is 5.97 Å². The van der Waals surface area contributed by atoms with Crippen molar-refractivity contribution in [2.45, 2.75) is 12.8 Å². The monoisotopic (exact) mass is 166 g/mol. The number of rotatable bonds is 2. The highest BCUT2D eigenvalue weighted by Gasteiger charge is 2.15. The zero-order valence-corrected chi connectivity index (χ0v) is 6.73. The van der Waals surface area contributed by atoms with E-state index in [0.717, 1.165) is 5.56 Å². The van der Waals surface area contributed by atoms with Gasteiger partial charge >= 0.3 is 5.97 Å². The lowest BCUT2D eigenvalue weighted by Gasteiger charge is -2.06. The van der Waals surface area contributed by atoms with Gasteiger partial charge in [0.15, 0.2) is 0 Å². The van der Waals surface area contributed by atoms with Gasteiger partial charge in [-0.25, -0.2) is 4.79 Å². The standard InChI is InChI=1S/C9H10O3/c1-7(9(10)12-11)8-5-3-2-4-6-8/h2-7,11H,1H3. The van der Waals surface area contributed by atoms with Gasteiger partial charge in [-0.3, -0.25) is 0 Å². The van der Waals surface area contributed by atoms with E-state index < -0.39 is 11.9 Å². The fourth-order valence-corrected chi connectivity index (χ4v) is 0.957. The maximum Gasteiger partial charge on any atom is 0.349 e. The van der Waals surface area contributed by atoms with E-state index in [2.05, 4.69) is 4.89 Å². The van der Waals surface area contributed by atoms with Gasteiger partial charge in [0, 0.05) is 0 Å². The topological polar surface area (TPSA) is 46.5 Å². The zero-order chi connectivity index (χ0) is 8.97. The molecule has 1 unspecified atom stereocenters. The lowest BCUT2D eigenvalue weighted by molar-refractivity contribution is -0.235. The molecule has 1 aromatic rings. The molecule has 0 radical (unpaired) electrons. The third kappa shape index (κ3) is 1.83. The summed E-state index contributed by atoms with van der Waals surface area (Å²) in [7, 11) is 0. The molecule has 0 bridgehead atoms. The van der Waals surface area contributed by atoms with Gasteiger partial charge in [0.05, 0.1) is 5.92 Å². The van der Waals surface area contributed by atoms with Crippen LogP contribution < -0.4 is 0 Å². The third-order valence-electron chi connectivity index (χ3n) is 1.74. The van der Waals surface area contributed by atoms with Crippen LogP contribution in [0.3, 0.4) is 0 Å². The average Bonchev–Trinajstić information content (AvgIpc) is 2.17. The molecule has 0 fully saturated rings. The van der Waals surface area contributed by atoms with E-state index in [4.69, 9.17) is 5.26 Å². The van der Waals surface area contributed by atoms with E-state index in [1.54, 1.807) is 6.92 Å². The Bertz CT molecular complexity index is 256. The van der Waals surface area contributed by atoms with E-state index in [0.29, 0.717) is 0 Å². The molecule has 0 aliphatic rings. The van der Waals surface area contributed by atoms with Gasteiger partial charge in [-0.15, -0.1) is 0 Å². The van der Waals surface area contributed by atoms with Crippen molar-refractivity contribution < 1.29 is 14.9 Å². The van der Waals surface area contributed by atoms with Crippen molar-refractivity contribution in [3.8, 4) is 0 Å². The number of benzene rings is 1. The second-order valence-corrected chi connectivity index (χ2v) is 2.54. The van der Waals surface area contributed by atoms with Crippen LogP contribution in [0.15, 0.2) is 30.3 Å². The summed E-state index contributed by atoms with van der Waals surface area (Å²) >= 11 is 0. The van der Waals surface area contributed by atoms with E-state index >= 15 is 0 Å². The fourth-order valence-electron chi connectivity index (χ4n) is 0.957. The Balaban J connectivity index is 2.78. The Morgan fingerprint density at radius 2 is 2.00 bits per heavy atom. The first-order chi connectivity index (χ1) is 5.75. The van der Waals surface area contributed by atoms with Crippen molar-refractivity contribution in [2.24, 2.45) is 0 Å². The molecule has 0 spiro atoms. The molecular weight excluding hydrogens is 156 g/mol. The van der Waals surface area contributed by atoms with Crippen LogP contribution in [-0.2, 0) is 9.68 Å². The van der Waals surface area contributed by atoms with Gasteiger partial charge in [-0.05, 0) is 12.5 Å². The number of hydrogen-bond acceptors (Lipinski definition) is 3. The maximum atomic E-state index is 10.8. The molecule has 0 aliphatic heterocycles. The summed E-state index contributed by atoms with van der Waals surface area (Å²) in [4.78, 5) is 14.5. The first-order valence-corrected chi connectivity index (χ1v) is 3.66. The van der Waals surface area contributed by atoms with Gasteiger partial charge in [0.1, 0.15) is 0 Å². The highest BCUT2D eigenvalue weighted by atomic mass is 17.1. The van der Waals surface area contributed by atoms with Crippen molar-refractivity contribution in [2.75, 3.05) is 0 Å². The molecule has 0 amide bonds. The molecule has 3 nitrogen and oxygen atoms in total. The molecule has 0 saturated heterocycles. The third-order valence-corrected chi connectivity index (χ3v) is 1.74. The largest absolute Gasteiger partial charge is 0.349 e. The zero-order valence-electron chi connectivity index (χ0n) is 6.73. The van der Waals surface area contributed by atoms with Gasteiger partial charge in [0.25, 0.3) is 0 Å². The summed E-state index contributed by atoms with van der Waals surface area (Å²) in [5, 5.41) is 8.12. The van der Waals surface area contributed by atoms with Crippen LogP contribution in [0.4, 0.5) is 0 Å². The SMILES string of the molecule is CC(C(=O)OO)c1ccccc1. The predicted octanol–water partition coefficient (Wildman–Crippen LogP) is 1.81. The Labute approximate surface area is 70.5 Å². The van der Waals surface area contributed by atoms with Gasteiger partial charge in [-0.2, -0.15) is 5.26 Å². The van der Waals surface area contributed by atoms with Gasteiger partial charge in [-0.1, -0.05) is 30.3 Å². The van der Waals surface area contributed by atoms with Crippen molar-refractivity contribution in [1.29, 1.82) is 0 Å². The molecule has 1 aromatic carbocycles. The highest BCUT2D eigenvalue weighted by molar-refractivity contribution is 5.76. The minimum atomic E-state index is -0.638. The predicted molar refractivity (Wildman–Crippen MR) is 43.6 cm³/mol. The summed E-state index contributed by atoms with van der Waals surface area (Å²) in [6.07, 6.45) is 0. The smallest absolute Gasteiger partial charge is 0.300 e.